The summed E-state index contributed by atoms with van der Waals surface area (Å²) in [5.74, 6) is 0.698. The summed E-state index contributed by atoms with van der Waals surface area (Å²) in [6.45, 7) is 3.94. The molecule has 0 spiro atoms. The van der Waals surface area contributed by atoms with Crippen LogP contribution in [-0.4, -0.2) is 9.96 Å². The van der Waals surface area contributed by atoms with Gasteiger partial charge in [0, 0.05) is 10.6 Å². The Morgan fingerprint density at radius 1 is 1.45 bits per heavy atom. The first kappa shape index (κ1) is 8.47. The summed E-state index contributed by atoms with van der Waals surface area (Å²) in [5.41, 5.74) is 1.17. The molecule has 1 unspecified atom stereocenters. The van der Waals surface area contributed by atoms with Crippen molar-refractivity contribution in [2.24, 2.45) is 0 Å². The highest BCUT2D eigenvalue weighted by atomic mass is 32.2. The van der Waals surface area contributed by atoms with Gasteiger partial charge in [-0.3, -0.25) is 4.21 Å². The van der Waals surface area contributed by atoms with Gasteiger partial charge in [0.2, 0.25) is 0 Å². The van der Waals surface area contributed by atoms with Crippen LogP contribution in [-0.2, 0) is 10.8 Å². The summed E-state index contributed by atoms with van der Waals surface area (Å²) >= 11 is 0. The quantitative estimate of drug-likeness (QED) is 0.661. The lowest BCUT2D eigenvalue weighted by Crippen LogP contribution is -1.93. The van der Waals surface area contributed by atoms with Crippen LogP contribution >= 0.6 is 0 Å². The Morgan fingerprint density at radius 2 is 2.18 bits per heavy atom. The molecule has 0 saturated heterocycles. The van der Waals surface area contributed by atoms with E-state index in [4.69, 9.17) is 0 Å². The normalized spacial score (nSPS) is 12.9. The first-order valence-electron chi connectivity index (χ1n) is 3.69. The van der Waals surface area contributed by atoms with E-state index in [1.165, 1.54) is 5.56 Å². The molecule has 1 atom stereocenters. The fraction of sp³-hybridized carbons (Fsp3) is 0.333. The Bertz CT molecular complexity index is 268. The fourth-order valence-corrected chi connectivity index (χ4v) is 1.80. The third-order valence-corrected chi connectivity index (χ3v) is 2.82. The number of aryl methyl sites for hydroxylation is 1. The molecule has 60 valence electrons. The minimum absolute atomic E-state index is 0.698. The van der Waals surface area contributed by atoms with Crippen molar-refractivity contribution in [2.45, 2.75) is 18.7 Å². The van der Waals surface area contributed by atoms with E-state index in [2.05, 4.69) is 0 Å². The van der Waals surface area contributed by atoms with Crippen LogP contribution in [0.2, 0.25) is 0 Å². The molecule has 0 amide bonds. The van der Waals surface area contributed by atoms with E-state index in [1.54, 1.807) is 0 Å². The lowest BCUT2D eigenvalue weighted by Gasteiger charge is -1.98. The second-order valence-electron chi connectivity index (χ2n) is 2.45. The standard InChI is InChI=1S/C9H12OS/c1-3-11(10)9-6-4-5-8(2)7-9/h4-7H,3H2,1-2H3. The molecule has 0 heterocycles. The summed E-state index contributed by atoms with van der Waals surface area (Å²) in [6.07, 6.45) is 0. The van der Waals surface area contributed by atoms with Crippen molar-refractivity contribution in [1.82, 2.24) is 0 Å². The molecular formula is C9H12OS. The predicted molar refractivity (Wildman–Crippen MR) is 48.1 cm³/mol. The van der Waals surface area contributed by atoms with Gasteiger partial charge in [-0.1, -0.05) is 19.1 Å². The average molecular weight is 168 g/mol. The molecule has 2 heteroatoms. The third kappa shape index (κ3) is 2.15. The van der Waals surface area contributed by atoms with Gasteiger partial charge >= 0.3 is 0 Å². The van der Waals surface area contributed by atoms with Crippen molar-refractivity contribution in [3.8, 4) is 0 Å². The molecule has 0 fully saturated rings. The largest absolute Gasteiger partial charge is 0.254 e. The molecule has 0 aromatic heterocycles. The van der Waals surface area contributed by atoms with Crippen molar-refractivity contribution in [3.63, 3.8) is 0 Å². The van der Waals surface area contributed by atoms with Crippen LogP contribution in [0.5, 0.6) is 0 Å². The lowest BCUT2D eigenvalue weighted by molar-refractivity contribution is 0.684. The SMILES string of the molecule is CCS(=O)c1cccc(C)c1. The molecule has 1 aromatic carbocycles. The molecule has 0 aliphatic rings. The van der Waals surface area contributed by atoms with Crippen LogP contribution in [0.15, 0.2) is 29.2 Å². The van der Waals surface area contributed by atoms with Crippen LogP contribution in [0.25, 0.3) is 0 Å². The summed E-state index contributed by atoms with van der Waals surface area (Å²) in [6, 6.07) is 7.83. The summed E-state index contributed by atoms with van der Waals surface area (Å²) in [4.78, 5) is 0.938. The van der Waals surface area contributed by atoms with E-state index in [1.807, 2.05) is 38.1 Å². The van der Waals surface area contributed by atoms with Crippen molar-refractivity contribution in [2.75, 3.05) is 5.75 Å². The highest BCUT2D eigenvalue weighted by molar-refractivity contribution is 7.85. The lowest BCUT2D eigenvalue weighted by atomic mass is 10.2. The maximum absolute atomic E-state index is 11.3. The van der Waals surface area contributed by atoms with Crippen molar-refractivity contribution < 1.29 is 4.21 Å². The fourth-order valence-electron chi connectivity index (χ4n) is 0.924. The smallest absolute Gasteiger partial charge is 0.0526 e. The Balaban J connectivity index is 2.96. The molecule has 1 aromatic rings. The molecule has 11 heavy (non-hydrogen) atoms. The van der Waals surface area contributed by atoms with Crippen LogP contribution in [0.1, 0.15) is 12.5 Å². The zero-order chi connectivity index (χ0) is 8.27. The van der Waals surface area contributed by atoms with Gasteiger partial charge in [0.25, 0.3) is 0 Å². The Hall–Kier alpha value is -0.630. The minimum Gasteiger partial charge on any atom is -0.254 e. The highest BCUT2D eigenvalue weighted by Gasteiger charge is 1.98. The van der Waals surface area contributed by atoms with Crippen LogP contribution in [0.4, 0.5) is 0 Å². The van der Waals surface area contributed by atoms with E-state index >= 15 is 0 Å². The van der Waals surface area contributed by atoms with E-state index in [0.717, 1.165) is 4.90 Å². The molecule has 1 rings (SSSR count). The molecule has 0 aliphatic heterocycles. The van der Waals surface area contributed by atoms with Crippen molar-refractivity contribution in [1.29, 1.82) is 0 Å². The monoisotopic (exact) mass is 168 g/mol. The van der Waals surface area contributed by atoms with Gasteiger partial charge in [0.05, 0.1) is 10.8 Å². The summed E-state index contributed by atoms with van der Waals surface area (Å²) < 4.78 is 11.3. The van der Waals surface area contributed by atoms with Gasteiger partial charge in [0.15, 0.2) is 0 Å². The topological polar surface area (TPSA) is 17.1 Å². The second kappa shape index (κ2) is 3.67. The molecule has 1 nitrogen and oxygen atoms in total. The van der Waals surface area contributed by atoms with Crippen molar-refractivity contribution >= 4 is 10.8 Å². The predicted octanol–water partition coefficient (Wildman–Crippen LogP) is 2.12. The molecular weight excluding hydrogens is 156 g/mol. The molecule has 0 bridgehead atoms. The van der Waals surface area contributed by atoms with E-state index in [0.29, 0.717) is 5.75 Å². The third-order valence-electron chi connectivity index (χ3n) is 1.51. The van der Waals surface area contributed by atoms with Crippen LogP contribution in [0, 0.1) is 6.92 Å². The van der Waals surface area contributed by atoms with E-state index in [-0.39, 0.29) is 0 Å². The first-order chi connectivity index (χ1) is 5.24. The van der Waals surface area contributed by atoms with Gasteiger partial charge in [-0.25, -0.2) is 0 Å². The Labute approximate surface area is 69.9 Å². The van der Waals surface area contributed by atoms with Crippen LogP contribution in [0.3, 0.4) is 0 Å². The first-order valence-corrected chi connectivity index (χ1v) is 5.01. The number of hydrogen-bond acceptors (Lipinski definition) is 1. The summed E-state index contributed by atoms with van der Waals surface area (Å²) in [7, 11) is -0.801. The summed E-state index contributed by atoms with van der Waals surface area (Å²) in [5, 5.41) is 0. The number of hydrogen-bond donors (Lipinski definition) is 0. The van der Waals surface area contributed by atoms with Gasteiger partial charge in [-0.05, 0) is 24.6 Å². The van der Waals surface area contributed by atoms with Gasteiger partial charge in [-0.2, -0.15) is 0 Å². The minimum atomic E-state index is -0.801. The zero-order valence-electron chi connectivity index (χ0n) is 6.83. The van der Waals surface area contributed by atoms with Crippen molar-refractivity contribution in [3.05, 3.63) is 29.8 Å². The van der Waals surface area contributed by atoms with E-state index in [9.17, 15) is 4.21 Å². The molecule has 0 aliphatic carbocycles. The molecule has 0 N–H and O–H groups in total. The van der Waals surface area contributed by atoms with Gasteiger partial charge in [0.1, 0.15) is 0 Å². The average Bonchev–Trinajstić information content (AvgIpc) is 2.03. The number of rotatable bonds is 2. The highest BCUT2D eigenvalue weighted by Crippen LogP contribution is 2.08. The zero-order valence-corrected chi connectivity index (χ0v) is 7.65. The van der Waals surface area contributed by atoms with E-state index < -0.39 is 10.8 Å². The second-order valence-corrected chi connectivity index (χ2v) is 4.19. The van der Waals surface area contributed by atoms with Gasteiger partial charge in [-0.15, -0.1) is 0 Å². The van der Waals surface area contributed by atoms with Crippen LogP contribution < -0.4 is 0 Å². The molecule has 0 saturated carbocycles. The Morgan fingerprint density at radius 3 is 2.73 bits per heavy atom. The maximum atomic E-state index is 11.3. The Kier molecular flexibility index (Phi) is 2.83. The van der Waals surface area contributed by atoms with Gasteiger partial charge < -0.3 is 0 Å². The number of benzene rings is 1. The maximum Gasteiger partial charge on any atom is 0.0526 e. The molecule has 0 radical (unpaired) electrons.